The van der Waals surface area contributed by atoms with Gasteiger partial charge < -0.3 is 10.1 Å². The summed E-state index contributed by atoms with van der Waals surface area (Å²) in [5.41, 5.74) is 4.11. The molecule has 2 N–H and O–H groups in total. The molecule has 6 heteroatoms. The van der Waals surface area contributed by atoms with Gasteiger partial charge in [0.25, 0.3) is 5.91 Å². The summed E-state index contributed by atoms with van der Waals surface area (Å²) < 4.78 is 5.11. The number of hydrogen-bond acceptors (Lipinski definition) is 4. The van der Waals surface area contributed by atoms with E-state index in [4.69, 9.17) is 16.3 Å². The Kier molecular flexibility index (Phi) is 5.80. The maximum atomic E-state index is 11.7. The van der Waals surface area contributed by atoms with Crippen molar-refractivity contribution < 1.29 is 9.53 Å². The Morgan fingerprint density at radius 1 is 1.27 bits per heavy atom. The second-order valence-corrected chi connectivity index (χ2v) is 4.87. The van der Waals surface area contributed by atoms with Crippen molar-refractivity contribution >= 4 is 29.4 Å². The Hall–Kier alpha value is -2.53. The number of ether oxygens (including phenoxy) is 1. The third-order valence-electron chi connectivity index (χ3n) is 2.79. The molecule has 2 aromatic carbocycles. The van der Waals surface area contributed by atoms with Crippen LogP contribution >= 0.6 is 11.6 Å². The topological polar surface area (TPSA) is 62.7 Å². The van der Waals surface area contributed by atoms with Crippen LogP contribution in [0, 0.1) is 0 Å². The van der Waals surface area contributed by atoms with Crippen LogP contribution in [0.25, 0.3) is 0 Å². The lowest BCUT2D eigenvalue weighted by atomic mass is 10.2. The molecular weight excluding hydrogens is 302 g/mol. The molecule has 1 amide bonds. The van der Waals surface area contributed by atoms with Crippen LogP contribution in [0.5, 0.6) is 5.75 Å². The lowest BCUT2D eigenvalue weighted by Gasteiger charge is -2.05. The Labute approximate surface area is 133 Å². The van der Waals surface area contributed by atoms with E-state index in [0.29, 0.717) is 5.02 Å². The SMILES string of the molecule is COc1cccc(/C=N/NC(=O)CNc2ccc(Cl)cc2)c1. The smallest absolute Gasteiger partial charge is 0.259 e. The molecule has 0 atom stereocenters. The summed E-state index contributed by atoms with van der Waals surface area (Å²) in [6.45, 7) is 0.122. The lowest BCUT2D eigenvalue weighted by molar-refractivity contribution is -0.119. The first kappa shape index (κ1) is 15.9. The second-order valence-electron chi connectivity index (χ2n) is 4.43. The molecule has 0 bridgehead atoms. The standard InChI is InChI=1S/C16H16ClN3O2/c1-22-15-4-2-3-12(9-15)10-19-20-16(21)11-18-14-7-5-13(17)6-8-14/h2-10,18H,11H2,1H3,(H,20,21)/b19-10+. The molecule has 0 aliphatic heterocycles. The van der Waals surface area contributed by atoms with Gasteiger partial charge >= 0.3 is 0 Å². The largest absolute Gasteiger partial charge is 0.497 e. The molecule has 0 saturated heterocycles. The van der Waals surface area contributed by atoms with Gasteiger partial charge in [-0.15, -0.1) is 0 Å². The Bertz CT molecular complexity index is 657. The number of benzene rings is 2. The van der Waals surface area contributed by atoms with E-state index >= 15 is 0 Å². The zero-order chi connectivity index (χ0) is 15.8. The highest BCUT2D eigenvalue weighted by molar-refractivity contribution is 6.30. The number of methoxy groups -OCH3 is 1. The van der Waals surface area contributed by atoms with E-state index in [-0.39, 0.29) is 12.5 Å². The molecule has 5 nitrogen and oxygen atoms in total. The van der Waals surface area contributed by atoms with Crippen LogP contribution in [0.2, 0.25) is 5.02 Å². The molecule has 114 valence electrons. The number of rotatable bonds is 6. The van der Waals surface area contributed by atoms with E-state index in [1.807, 2.05) is 24.3 Å². The highest BCUT2D eigenvalue weighted by Gasteiger charge is 1.99. The Morgan fingerprint density at radius 2 is 2.05 bits per heavy atom. The molecule has 0 aliphatic carbocycles. The van der Waals surface area contributed by atoms with Crippen molar-refractivity contribution in [2.45, 2.75) is 0 Å². The van der Waals surface area contributed by atoms with E-state index < -0.39 is 0 Å². The zero-order valence-electron chi connectivity index (χ0n) is 12.0. The summed E-state index contributed by atoms with van der Waals surface area (Å²) >= 11 is 5.79. The van der Waals surface area contributed by atoms with Crippen LogP contribution in [0.15, 0.2) is 53.6 Å². The van der Waals surface area contributed by atoms with E-state index in [0.717, 1.165) is 17.0 Å². The number of carbonyl (C=O) groups excluding carboxylic acids is 1. The summed E-state index contributed by atoms with van der Waals surface area (Å²) in [4.78, 5) is 11.7. The van der Waals surface area contributed by atoms with Crippen LogP contribution in [0.3, 0.4) is 0 Å². The van der Waals surface area contributed by atoms with Gasteiger partial charge in [0, 0.05) is 10.7 Å². The van der Waals surface area contributed by atoms with Crippen molar-refractivity contribution in [3.63, 3.8) is 0 Å². The molecule has 0 heterocycles. The van der Waals surface area contributed by atoms with Gasteiger partial charge in [-0.25, -0.2) is 5.43 Å². The quantitative estimate of drug-likeness (QED) is 0.636. The van der Waals surface area contributed by atoms with Crippen LogP contribution in [0.4, 0.5) is 5.69 Å². The van der Waals surface area contributed by atoms with Gasteiger partial charge in [-0.1, -0.05) is 23.7 Å². The Balaban J connectivity index is 1.79. The number of carbonyl (C=O) groups is 1. The molecule has 0 saturated carbocycles. The summed E-state index contributed by atoms with van der Waals surface area (Å²) in [5.74, 6) is 0.494. The van der Waals surface area contributed by atoms with Crippen molar-refractivity contribution in [2.24, 2.45) is 5.10 Å². The summed E-state index contributed by atoms with van der Waals surface area (Å²) in [6.07, 6.45) is 1.56. The van der Waals surface area contributed by atoms with Crippen molar-refractivity contribution in [1.29, 1.82) is 0 Å². The average molecular weight is 318 g/mol. The molecule has 0 spiro atoms. The zero-order valence-corrected chi connectivity index (χ0v) is 12.8. The van der Waals surface area contributed by atoms with Gasteiger partial charge in [-0.05, 0) is 42.0 Å². The molecule has 0 unspecified atom stereocenters. The highest BCUT2D eigenvalue weighted by atomic mass is 35.5. The number of amides is 1. The van der Waals surface area contributed by atoms with E-state index in [2.05, 4.69) is 15.8 Å². The maximum Gasteiger partial charge on any atom is 0.259 e. The number of nitrogens with zero attached hydrogens (tertiary/aromatic N) is 1. The third kappa shape index (κ3) is 5.10. The van der Waals surface area contributed by atoms with Crippen molar-refractivity contribution in [3.8, 4) is 5.75 Å². The van der Waals surface area contributed by atoms with Crippen molar-refractivity contribution in [1.82, 2.24) is 5.43 Å². The van der Waals surface area contributed by atoms with Crippen LogP contribution in [0.1, 0.15) is 5.56 Å². The van der Waals surface area contributed by atoms with Gasteiger partial charge in [0.05, 0.1) is 19.9 Å². The van der Waals surface area contributed by atoms with Gasteiger partial charge in [-0.2, -0.15) is 5.10 Å². The summed E-state index contributed by atoms with van der Waals surface area (Å²) in [5, 5.41) is 7.53. The van der Waals surface area contributed by atoms with E-state index in [9.17, 15) is 4.79 Å². The molecule has 2 rings (SSSR count). The second kappa shape index (κ2) is 8.05. The van der Waals surface area contributed by atoms with Crippen LogP contribution < -0.4 is 15.5 Å². The monoisotopic (exact) mass is 317 g/mol. The van der Waals surface area contributed by atoms with Crippen LogP contribution in [-0.2, 0) is 4.79 Å². The molecule has 22 heavy (non-hydrogen) atoms. The highest BCUT2D eigenvalue weighted by Crippen LogP contribution is 2.13. The molecule has 0 aromatic heterocycles. The molecular formula is C16H16ClN3O2. The first-order valence-electron chi connectivity index (χ1n) is 6.63. The third-order valence-corrected chi connectivity index (χ3v) is 3.05. The van der Waals surface area contributed by atoms with Gasteiger partial charge in [0.2, 0.25) is 0 Å². The first-order valence-corrected chi connectivity index (χ1v) is 7.00. The molecule has 2 aromatic rings. The normalized spacial score (nSPS) is 10.5. The number of anilines is 1. The molecule has 0 radical (unpaired) electrons. The Morgan fingerprint density at radius 3 is 2.77 bits per heavy atom. The number of nitrogens with one attached hydrogen (secondary N) is 2. The maximum absolute atomic E-state index is 11.7. The lowest BCUT2D eigenvalue weighted by Crippen LogP contribution is -2.25. The van der Waals surface area contributed by atoms with Crippen LogP contribution in [-0.4, -0.2) is 25.8 Å². The predicted octanol–water partition coefficient (Wildman–Crippen LogP) is 2.91. The van der Waals surface area contributed by atoms with Gasteiger partial charge in [0.1, 0.15) is 5.75 Å². The number of halogens is 1. The molecule has 0 aliphatic rings. The fraction of sp³-hybridized carbons (Fsp3) is 0.125. The van der Waals surface area contributed by atoms with Crippen molar-refractivity contribution in [2.75, 3.05) is 19.0 Å². The molecule has 0 fully saturated rings. The first-order chi connectivity index (χ1) is 10.7. The minimum atomic E-state index is -0.242. The van der Waals surface area contributed by atoms with E-state index in [1.54, 1.807) is 37.6 Å². The minimum absolute atomic E-state index is 0.122. The fourth-order valence-electron chi connectivity index (χ4n) is 1.69. The predicted molar refractivity (Wildman–Crippen MR) is 88.7 cm³/mol. The van der Waals surface area contributed by atoms with Gasteiger partial charge in [-0.3, -0.25) is 4.79 Å². The average Bonchev–Trinajstić information content (AvgIpc) is 2.54. The van der Waals surface area contributed by atoms with Crippen molar-refractivity contribution in [3.05, 3.63) is 59.1 Å². The number of hydrazone groups is 1. The van der Waals surface area contributed by atoms with E-state index in [1.165, 1.54) is 0 Å². The fourth-order valence-corrected chi connectivity index (χ4v) is 1.82. The number of hydrogen-bond donors (Lipinski definition) is 2. The van der Waals surface area contributed by atoms with Gasteiger partial charge in [0.15, 0.2) is 0 Å². The minimum Gasteiger partial charge on any atom is -0.497 e. The summed E-state index contributed by atoms with van der Waals surface area (Å²) in [6, 6.07) is 14.5. The summed E-state index contributed by atoms with van der Waals surface area (Å²) in [7, 11) is 1.60.